The van der Waals surface area contributed by atoms with Crippen LogP contribution in [0.5, 0.6) is 0 Å². The topological polar surface area (TPSA) is 25.2 Å². The van der Waals surface area contributed by atoms with E-state index in [1.165, 1.54) is 19.4 Å². The molecule has 2 heteroatoms. The van der Waals surface area contributed by atoms with E-state index in [9.17, 15) is 0 Å². The normalized spacial score (nSPS) is 31.1. The molecule has 1 aromatic heterocycles. The molecule has 0 aliphatic heterocycles. The third-order valence-corrected chi connectivity index (χ3v) is 4.55. The molecule has 98 valence electrons. The summed E-state index contributed by atoms with van der Waals surface area (Å²) in [5.41, 5.74) is 0. The van der Waals surface area contributed by atoms with Gasteiger partial charge in [0.1, 0.15) is 5.76 Å². The standard InChI is InChI=1S/C16H23NO/c1-12(4-7-16-3-2-8-18-16)17-11-15-10-13-5-6-14(15)9-13/h2-3,5-6,8,12-15,17H,4,7,9-11H2,1H3. The van der Waals surface area contributed by atoms with E-state index in [1.807, 2.05) is 6.07 Å². The molecule has 0 amide bonds. The van der Waals surface area contributed by atoms with Crippen LogP contribution in [0.4, 0.5) is 0 Å². The van der Waals surface area contributed by atoms with Gasteiger partial charge in [-0.25, -0.2) is 0 Å². The molecule has 1 saturated carbocycles. The third-order valence-electron chi connectivity index (χ3n) is 4.55. The van der Waals surface area contributed by atoms with E-state index in [2.05, 4.69) is 30.5 Å². The monoisotopic (exact) mass is 245 g/mol. The van der Waals surface area contributed by atoms with Crippen LogP contribution in [0.25, 0.3) is 0 Å². The summed E-state index contributed by atoms with van der Waals surface area (Å²) in [7, 11) is 0. The van der Waals surface area contributed by atoms with E-state index < -0.39 is 0 Å². The van der Waals surface area contributed by atoms with Crippen molar-refractivity contribution >= 4 is 0 Å². The second kappa shape index (κ2) is 5.31. The summed E-state index contributed by atoms with van der Waals surface area (Å²) in [6.07, 6.45) is 11.6. The van der Waals surface area contributed by atoms with Gasteiger partial charge in [-0.15, -0.1) is 0 Å². The summed E-state index contributed by atoms with van der Waals surface area (Å²) in [6.45, 7) is 3.47. The van der Waals surface area contributed by atoms with Gasteiger partial charge in [-0.1, -0.05) is 12.2 Å². The van der Waals surface area contributed by atoms with E-state index in [0.29, 0.717) is 6.04 Å². The van der Waals surface area contributed by atoms with Gasteiger partial charge in [-0.05, 0) is 62.6 Å². The van der Waals surface area contributed by atoms with Crippen molar-refractivity contribution in [2.75, 3.05) is 6.54 Å². The number of nitrogens with one attached hydrogen (secondary N) is 1. The van der Waals surface area contributed by atoms with Crippen molar-refractivity contribution in [3.8, 4) is 0 Å². The van der Waals surface area contributed by atoms with Crippen LogP contribution in [0.1, 0.15) is 31.9 Å². The summed E-state index contributed by atoms with van der Waals surface area (Å²) in [5.74, 6) is 3.73. The molecule has 4 atom stereocenters. The summed E-state index contributed by atoms with van der Waals surface area (Å²) >= 11 is 0. The highest BCUT2D eigenvalue weighted by molar-refractivity contribution is 5.10. The minimum atomic E-state index is 0.582. The zero-order chi connectivity index (χ0) is 12.4. The van der Waals surface area contributed by atoms with Crippen LogP contribution in [-0.2, 0) is 6.42 Å². The van der Waals surface area contributed by atoms with Gasteiger partial charge in [0.25, 0.3) is 0 Å². The average molecular weight is 245 g/mol. The van der Waals surface area contributed by atoms with Crippen molar-refractivity contribution in [2.45, 2.75) is 38.6 Å². The molecular formula is C16H23NO. The Labute approximate surface area is 109 Å². The van der Waals surface area contributed by atoms with Crippen LogP contribution in [-0.4, -0.2) is 12.6 Å². The SMILES string of the molecule is CC(CCc1ccco1)NCC1CC2C=CC1C2. The zero-order valence-corrected chi connectivity index (χ0v) is 11.1. The molecule has 2 aliphatic rings. The first kappa shape index (κ1) is 12.0. The van der Waals surface area contributed by atoms with Crippen molar-refractivity contribution in [3.05, 3.63) is 36.3 Å². The van der Waals surface area contributed by atoms with Gasteiger partial charge in [0.2, 0.25) is 0 Å². The highest BCUT2D eigenvalue weighted by Crippen LogP contribution is 2.42. The van der Waals surface area contributed by atoms with Crippen LogP contribution < -0.4 is 5.32 Å². The van der Waals surface area contributed by atoms with E-state index in [0.717, 1.165) is 36.4 Å². The number of hydrogen-bond donors (Lipinski definition) is 1. The van der Waals surface area contributed by atoms with E-state index in [4.69, 9.17) is 4.42 Å². The van der Waals surface area contributed by atoms with E-state index in [-0.39, 0.29) is 0 Å². The van der Waals surface area contributed by atoms with Crippen LogP contribution in [0.3, 0.4) is 0 Å². The molecule has 18 heavy (non-hydrogen) atoms. The Morgan fingerprint density at radius 1 is 1.39 bits per heavy atom. The molecule has 2 nitrogen and oxygen atoms in total. The first-order valence-electron chi connectivity index (χ1n) is 7.25. The second-order valence-corrected chi connectivity index (χ2v) is 5.97. The molecule has 1 heterocycles. The molecule has 0 saturated heterocycles. The maximum Gasteiger partial charge on any atom is 0.103 e. The Morgan fingerprint density at radius 2 is 2.33 bits per heavy atom. The largest absolute Gasteiger partial charge is 0.469 e. The minimum absolute atomic E-state index is 0.582. The van der Waals surface area contributed by atoms with Crippen molar-refractivity contribution in [2.24, 2.45) is 17.8 Å². The molecule has 1 N–H and O–H groups in total. The Hall–Kier alpha value is -1.02. The maximum absolute atomic E-state index is 5.37. The number of aryl methyl sites for hydroxylation is 1. The zero-order valence-electron chi connectivity index (χ0n) is 11.1. The van der Waals surface area contributed by atoms with E-state index >= 15 is 0 Å². The highest BCUT2D eigenvalue weighted by Gasteiger charge is 2.35. The Bertz CT molecular complexity index is 395. The smallest absolute Gasteiger partial charge is 0.103 e. The minimum Gasteiger partial charge on any atom is -0.469 e. The van der Waals surface area contributed by atoms with E-state index in [1.54, 1.807) is 6.26 Å². The molecular weight excluding hydrogens is 222 g/mol. The average Bonchev–Trinajstić information content (AvgIpc) is 3.09. The molecule has 2 bridgehead atoms. The first-order chi connectivity index (χ1) is 8.81. The maximum atomic E-state index is 5.37. The molecule has 1 fully saturated rings. The van der Waals surface area contributed by atoms with Crippen molar-refractivity contribution in [3.63, 3.8) is 0 Å². The van der Waals surface area contributed by atoms with Crippen molar-refractivity contribution in [1.29, 1.82) is 0 Å². The number of furan rings is 1. The molecule has 0 spiro atoms. The quantitative estimate of drug-likeness (QED) is 0.777. The fourth-order valence-electron chi connectivity index (χ4n) is 3.40. The lowest BCUT2D eigenvalue weighted by molar-refractivity contribution is 0.377. The third kappa shape index (κ3) is 2.69. The molecule has 4 unspecified atom stereocenters. The predicted octanol–water partition coefficient (Wildman–Crippen LogP) is 3.40. The Balaban J connectivity index is 1.37. The Kier molecular flexibility index (Phi) is 3.55. The van der Waals surface area contributed by atoms with Gasteiger partial charge in [0, 0.05) is 12.5 Å². The Morgan fingerprint density at radius 3 is 3.00 bits per heavy atom. The summed E-state index contributed by atoms with van der Waals surface area (Å²) in [6, 6.07) is 4.61. The number of hydrogen-bond acceptors (Lipinski definition) is 2. The fraction of sp³-hybridized carbons (Fsp3) is 0.625. The number of rotatable bonds is 6. The summed E-state index contributed by atoms with van der Waals surface area (Å²) in [4.78, 5) is 0. The number of fused-ring (bicyclic) bond motifs is 2. The lowest BCUT2D eigenvalue weighted by Gasteiger charge is -2.21. The molecule has 2 aliphatic carbocycles. The second-order valence-electron chi connectivity index (χ2n) is 5.97. The predicted molar refractivity (Wildman–Crippen MR) is 73.3 cm³/mol. The first-order valence-corrected chi connectivity index (χ1v) is 7.25. The van der Waals surface area contributed by atoms with Crippen molar-refractivity contribution < 1.29 is 4.42 Å². The molecule has 1 aromatic rings. The van der Waals surface area contributed by atoms with Gasteiger partial charge in [0.05, 0.1) is 6.26 Å². The van der Waals surface area contributed by atoms with Crippen LogP contribution >= 0.6 is 0 Å². The summed E-state index contributed by atoms with van der Waals surface area (Å²) in [5, 5.41) is 3.70. The van der Waals surface area contributed by atoms with Crippen LogP contribution in [0.2, 0.25) is 0 Å². The fourth-order valence-corrected chi connectivity index (χ4v) is 3.40. The molecule has 0 radical (unpaired) electrons. The van der Waals surface area contributed by atoms with Crippen LogP contribution in [0.15, 0.2) is 35.0 Å². The molecule has 3 rings (SSSR count). The van der Waals surface area contributed by atoms with Gasteiger partial charge >= 0.3 is 0 Å². The lowest BCUT2D eigenvalue weighted by Crippen LogP contribution is -2.32. The van der Waals surface area contributed by atoms with Gasteiger partial charge in [-0.3, -0.25) is 0 Å². The van der Waals surface area contributed by atoms with Gasteiger partial charge in [-0.2, -0.15) is 0 Å². The van der Waals surface area contributed by atoms with Gasteiger partial charge < -0.3 is 9.73 Å². The van der Waals surface area contributed by atoms with Crippen LogP contribution in [0, 0.1) is 17.8 Å². The van der Waals surface area contributed by atoms with Crippen molar-refractivity contribution in [1.82, 2.24) is 5.32 Å². The van der Waals surface area contributed by atoms with Gasteiger partial charge in [0.15, 0.2) is 0 Å². The molecule has 0 aromatic carbocycles. The number of allylic oxidation sites excluding steroid dienone is 2. The lowest BCUT2D eigenvalue weighted by atomic mass is 9.93. The highest BCUT2D eigenvalue weighted by atomic mass is 16.3. The summed E-state index contributed by atoms with van der Waals surface area (Å²) < 4.78 is 5.37.